The molecule has 2 rings (SSSR count). The van der Waals surface area contributed by atoms with Gasteiger partial charge < -0.3 is 5.32 Å². The number of hydrogen-bond acceptors (Lipinski definition) is 1. The van der Waals surface area contributed by atoms with Crippen LogP contribution in [0.25, 0.3) is 0 Å². The minimum absolute atomic E-state index is 0.0939. The minimum Gasteiger partial charge on any atom is -0.325 e. The van der Waals surface area contributed by atoms with Crippen molar-refractivity contribution in [3.63, 3.8) is 0 Å². The van der Waals surface area contributed by atoms with E-state index in [1.54, 1.807) is 0 Å². The molecule has 1 N–H and O–H groups in total. The van der Waals surface area contributed by atoms with Gasteiger partial charge in [-0.2, -0.15) is 13.2 Å². The molecule has 0 unspecified atom stereocenters. The molecule has 2 aromatic rings. The summed E-state index contributed by atoms with van der Waals surface area (Å²) < 4.78 is 52.6. The summed E-state index contributed by atoms with van der Waals surface area (Å²) in [5.41, 5.74) is -1.20. The highest BCUT2D eigenvalue weighted by Gasteiger charge is 2.33. The van der Waals surface area contributed by atoms with Gasteiger partial charge in [0.25, 0.3) is 0 Å². The zero-order valence-corrected chi connectivity index (χ0v) is 12.6. The van der Waals surface area contributed by atoms with Crippen molar-refractivity contribution < 1.29 is 22.4 Å². The van der Waals surface area contributed by atoms with E-state index >= 15 is 0 Å². The Morgan fingerprint density at radius 2 is 1.82 bits per heavy atom. The highest BCUT2D eigenvalue weighted by atomic mass is 79.9. The SMILES string of the molecule is O=C(Cc1cc(Br)ccc1F)Nc1ccccc1C(F)(F)F. The fourth-order valence-electron chi connectivity index (χ4n) is 1.89. The van der Waals surface area contributed by atoms with Crippen LogP contribution in [-0.4, -0.2) is 5.91 Å². The number of para-hydroxylation sites is 1. The Labute approximate surface area is 132 Å². The molecular weight excluding hydrogens is 366 g/mol. The predicted octanol–water partition coefficient (Wildman–Crippen LogP) is 4.79. The van der Waals surface area contributed by atoms with Gasteiger partial charge >= 0.3 is 6.18 Å². The average molecular weight is 376 g/mol. The molecule has 0 radical (unpaired) electrons. The fraction of sp³-hybridized carbons (Fsp3) is 0.133. The molecule has 1 amide bonds. The molecule has 0 fully saturated rings. The van der Waals surface area contributed by atoms with Crippen LogP contribution in [0.2, 0.25) is 0 Å². The number of nitrogens with one attached hydrogen (secondary N) is 1. The summed E-state index contributed by atoms with van der Waals surface area (Å²) in [5, 5.41) is 2.17. The lowest BCUT2D eigenvalue weighted by molar-refractivity contribution is -0.137. The average Bonchev–Trinajstić information content (AvgIpc) is 2.42. The second-order valence-electron chi connectivity index (χ2n) is 4.50. The first-order valence-corrected chi connectivity index (χ1v) is 6.96. The van der Waals surface area contributed by atoms with Gasteiger partial charge in [-0.25, -0.2) is 4.39 Å². The van der Waals surface area contributed by atoms with Crippen molar-refractivity contribution in [3.05, 3.63) is 63.9 Å². The van der Waals surface area contributed by atoms with E-state index in [1.165, 1.54) is 30.3 Å². The van der Waals surface area contributed by atoms with Crippen molar-refractivity contribution in [2.45, 2.75) is 12.6 Å². The van der Waals surface area contributed by atoms with Gasteiger partial charge in [0, 0.05) is 4.47 Å². The molecule has 0 aliphatic carbocycles. The Morgan fingerprint density at radius 3 is 2.50 bits per heavy atom. The van der Waals surface area contributed by atoms with Gasteiger partial charge in [0.1, 0.15) is 5.82 Å². The van der Waals surface area contributed by atoms with Crippen LogP contribution >= 0.6 is 15.9 Å². The first kappa shape index (κ1) is 16.5. The first-order chi connectivity index (χ1) is 10.3. The molecule has 22 heavy (non-hydrogen) atoms. The van der Waals surface area contributed by atoms with Gasteiger partial charge in [-0.05, 0) is 35.9 Å². The second kappa shape index (κ2) is 6.48. The summed E-state index contributed by atoms with van der Waals surface area (Å²) in [6.07, 6.45) is -4.94. The quantitative estimate of drug-likeness (QED) is 0.767. The number of rotatable bonds is 3. The standard InChI is InChI=1S/C15H10BrF4NO/c16-10-5-6-12(17)9(7-10)8-14(22)21-13-4-2-1-3-11(13)15(18,19)20/h1-7H,8H2,(H,21,22). The maximum Gasteiger partial charge on any atom is 0.418 e. The molecule has 116 valence electrons. The minimum atomic E-state index is -4.58. The van der Waals surface area contributed by atoms with Crippen molar-refractivity contribution >= 4 is 27.5 Å². The number of carbonyl (C=O) groups excluding carboxylic acids is 1. The Kier molecular flexibility index (Phi) is 4.85. The molecule has 0 heterocycles. The van der Waals surface area contributed by atoms with E-state index < -0.39 is 23.5 Å². The van der Waals surface area contributed by atoms with E-state index in [0.717, 1.165) is 12.1 Å². The molecule has 0 atom stereocenters. The van der Waals surface area contributed by atoms with E-state index in [2.05, 4.69) is 21.2 Å². The molecule has 0 spiro atoms. The zero-order valence-electron chi connectivity index (χ0n) is 11.0. The van der Waals surface area contributed by atoms with Crippen LogP contribution in [0.5, 0.6) is 0 Å². The highest BCUT2D eigenvalue weighted by molar-refractivity contribution is 9.10. The molecule has 0 saturated heterocycles. The molecule has 0 aliphatic heterocycles. The van der Waals surface area contributed by atoms with E-state index in [1.807, 2.05) is 0 Å². The van der Waals surface area contributed by atoms with E-state index in [9.17, 15) is 22.4 Å². The van der Waals surface area contributed by atoms with Crippen LogP contribution in [0, 0.1) is 5.82 Å². The largest absolute Gasteiger partial charge is 0.418 e. The number of carbonyl (C=O) groups is 1. The molecule has 0 aromatic heterocycles. The van der Waals surface area contributed by atoms with Gasteiger partial charge in [-0.1, -0.05) is 28.1 Å². The van der Waals surface area contributed by atoms with Crippen molar-refractivity contribution in [1.29, 1.82) is 0 Å². The monoisotopic (exact) mass is 375 g/mol. The number of benzene rings is 2. The third kappa shape index (κ3) is 4.07. The Balaban J connectivity index is 2.18. The molecular formula is C15H10BrF4NO. The van der Waals surface area contributed by atoms with E-state index in [4.69, 9.17) is 0 Å². The second-order valence-corrected chi connectivity index (χ2v) is 5.42. The molecule has 0 bridgehead atoms. The summed E-state index contributed by atoms with van der Waals surface area (Å²) in [6.45, 7) is 0. The number of anilines is 1. The van der Waals surface area contributed by atoms with Crippen molar-refractivity contribution in [2.24, 2.45) is 0 Å². The van der Waals surface area contributed by atoms with Crippen LogP contribution in [-0.2, 0) is 17.4 Å². The summed E-state index contributed by atoms with van der Waals surface area (Å²) in [7, 11) is 0. The van der Waals surface area contributed by atoms with Gasteiger partial charge in [0.2, 0.25) is 5.91 Å². The van der Waals surface area contributed by atoms with Gasteiger partial charge in [0.05, 0.1) is 17.7 Å². The van der Waals surface area contributed by atoms with E-state index in [0.29, 0.717) is 4.47 Å². The number of hydrogen-bond donors (Lipinski definition) is 1. The molecule has 7 heteroatoms. The summed E-state index contributed by atoms with van der Waals surface area (Å²) in [6, 6.07) is 8.68. The van der Waals surface area contributed by atoms with Crippen LogP contribution in [0.4, 0.5) is 23.2 Å². The van der Waals surface area contributed by atoms with E-state index in [-0.39, 0.29) is 17.7 Å². The number of halogens is 5. The van der Waals surface area contributed by atoms with Gasteiger partial charge in [-0.3, -0.25) is 4.79 Å². The number of alkyl halides is 3. The summed E-state index contributed by atoms with van der Waals surface area (Å²) >= 11 is 3.14. The lowest BCUT2D eigenvalue weighted by Gasteiger charge is -2.13. The third-order valence-corrected chi connectivity index (χ3v) is 3.36. The third-order valence-electron chi connectivity index (χ3n) is 2.87. The van der Waals surface area contributed by atoms with Crippen LogP contribution < -0.4 is 5.32 Å². The Hall–Kier alpha value is -1.89. The van der Waals surface area contributed by atoms with Gasteiger partial charge in [-0.15, -0.1) is 0 Å². The summed E-state index contributed by atoms with van der Waals surface area (Å²) in [5.74, 6) is -1.32. The molecule has 0 aliphatic rings. The topological polar surface area (TPSA) is 29.1 Å². The van der Waals surface area contributed by atoms with Crippen molar-refractivity contribution in [3.8, 4) is 0 Å². The number of amides is 1. The van der Waals surface area contributed by atoms with Gasteiger partial charge in [0.15, 0.2) is 0 Å². The molecule has 2 aromatic carbocycles. The zero-order chi connectivity index (χ0) is 16.3. The molecule has 0 saturated carbocycles. The van der Waals surface area contributed by atoms with Crippen molar-refractivity contribution in [2.75, 3.05) is 5.32 Å². The highest BCUT2D eigenvalue weighted by Crippen LogP contribution is 2.34. The Morgan fingerprint density at radius 1 is 1.14 bits per heavy atom. The molecule has 2 nitrogen and oxygen atoms in total. The Bertz CT molecular complexity index is 700. The smallest absolute Gasteiger partial charge is 0.325 e. The van der Waals surface area contributed by atoms with Crippen LogP contribution in [0.15, 0.2) is 46.9 Å². The van der Waals surface area contributed by atoms with Crippen LogP contribution in [0.3, 0.4) is 0 Å². The predicted molar refractivity (Wildman–Crippen MR) is 77.9 cm³/mol. The fourth-order valence-corrected chi connectivity index (χ4v) is 2.29. The van der Waals surface area contributed by atoms with Crippen LogP contribution in [0.1, 0.15) is 11.1 Å². The first-order valence-electron chi connectivity index (χ1n) is 6.17. The lowest BCUT2D eigenvalue weighted by atomic mass is 10.1. The summed E-state index contributed by atoms with van der Waals surface area (Å²) in [4.78, 5) is 11.9. The van der Waals surface area contributed by atoms with Crippen molar-refractivity contribution in [1.82, 2.24) is 0 Å². The maximum absolute atomic E-state index is 13.6. The lowest BCUT2D eigenvalue weighted by Crippen LogP contribution is -2.18. The maximum atomic E-state index is 13.6. The normalized spacial score (nSPS) is 11.3.